The van der Waals surface area contributed by atoms with Gasteiger partial charge in [0.2, 0.25) is 0 Å². The Kier molecular flexibility index (Phi) is 3.53. The minimum Gasteiger partial charge on any atom is -0.193 e. The number of nitrogens with zero attached hydrogens (tertiary/aromatic N) is 1. The quantitative estimate of drug-likeness (QED) is 0.700. The lowest BCUT2D eigenvalue weighted by molar-refractivity contribution is 1.42. The molecule has 0 saturated carbocycles. The summed E-state index contributed by atoms with van der Waals surface area (Å²) in [6, 6.07) is 7.65. The van der Waals surface area contributed by atoms with Crippen molar-refractivity contribution in [1.29, 1.82) is 5.26 Å². The summed E-state index contributed by atoms with van der Waals surface area (Å²) >= 11 is 9.24. The number of allylic oxidation sites excluding steroid dienone is 1. The Morgan fingerprint density at radius 1 is 1.62 bits per heavy atom. The molecule has 0 aliphatic carbocycles. The van der Waals surface area contributed by atoms with Crippen LogP contribution < -0.4 is 0 Å². The van der Waals surface area contributed by atoms with E-state index in [2.05, 4.69) is 15.9 Å². The average molecular weight is 257 g/mol. The molecule has 1 aromatic carbocycles. The third-order valence-electron chi connectivity index (χ3n) is 1.64. The summed E-state index contributed by atoms with van der Waals surface area (Å²) in [6.45, 7) is 1.95. The molecule has 0 aromatic heterocycles. The first kappa shape index (κ1) is 10.3. The Morgan fingerprint density at radius 2 is 2.31 bits per heavy atom. The Bertz CT molecular complexity index is 390. The molecule has 0 aliphatic rings. The second-order valence-electron chi connectivity index (χ2n) is 2.58. The number of hydrogen-bond acceptors (Lipinski definition) is 1. The lowest BCUT2D eigenvalue weighted by atomic mass is 10.1. The van der Waals surface area contributed by atoms with Crippen molar-refractivity contribution in [3.63, 3.8) is 0 Å². The maximum absolute atomic E-state index is 8.42. The molecule has 0 spiro atoms. The van der Waals surface area contributed by atoms with Crippen molar-refractivity contribution < 1.29 is 0 Å². The molecule has 0 amide bonds. The highest BCUT2D eigenvalue weighted by Gasteiger charge is 2.01. The van der Waals surface area contributed by atoms with Crippen molar-refractivity contribution in [3.05, 3.63) is 39.9 Å². The van der Waals surface area contributed by atoms with Gasteiger partial charge in [0.1, 0.15) is 0 Å². The molecule has 3 heteroatoms. The second-order valence-corrected chi connectivity index (χ2v) is 3.90. The van der Waals surface area contributed by atoms with E-state index in [0.717, 1.165) is 15.6 Å². The van der Waals surface area contributed by atoms with Gasteiger partial charge in [-0.15, -0.1) is 0 Å². The molecule has 0 radical (unpaired) electrons. The first-order valence-electron chi connectivity index (χ1n) is 3.67. The minimum atomic E-state index is 0.479. The molecular weight excluding hydrogens is 249 g/mol. The number of aryl methyl sites for hydroxylation is 1. The summed E-state index contributed by atoms with van der Waals surface area (Å²) in [5, 5.41) is 8.90. The zero-order valence-electron chi connectivity index (χ0n) is 7.01. The summed E-state index contributed by atoms with van der Waals surface area (Å²) in [5.41, 5.74) is 1.94. The predicted molar refractivity (Wildman–Crippen MR) is 58.3 cm³/mol. The van der Waals surface area contributed by atoms with E-state index in [0.29, 0.717) is 5.03 Å². The molecule has 0 aliphatic heterocycles. The lowest BCUT2D eigenvalue weighted by Crippen LogP contribution is -1.83. The van der Waals surface area contributed by atoms with Crippen LogP contribution in [0.1, 0.15) is 11.1 Å². The lowest BCUT2D eigenvalue weighted by Gasteiger charge is -2.03. The smallest absolute Gasteiger partial charge is 0.0927 e. The first-order chi connectivity index (χ1) is 6.15. The normalized spacial score (nSPS) is 11.1. The third-order valence-corrected chi connectivity index (χ3v) is 2.44. The molecule has 0 N–H and O–H groups in total. The predicted octanol–water partition coefficient (Wildman–Crippen LogP) is 3.86. The summed E-state index contributed by atoms with van der Waals surface area (Å²) in [5.74, 6) is 0. The van der Waals surface area contributed by atoms with Crippen LogP contribution in [0.2, 0.25) is 0 Å². The van der Waals surface area contributed by atoms with Gasteiger partial charge < -0.3 is 0 Å². The molecular formula is C10H7BrClN. The molecule has 0 unspecified atom stereocenters. The van der Waals surface area contributed by atoms with Crippen molar-refractivity contribution in [2.45, 2.75) is 6.92 Å². The van der Waals surface area contributed by atoms with Crippen LogP contribution in [-0.4, -0.2) is 0 Å². The van der Waals surface area contributed by atoms with Gasteiger partial charge in [0, 0.05) is 10.5 Å². The van der Waals surface area contributed by atoms with E-state index in [4.69, 9.17) is 16.9 Å². The van der Waals surface area contributed by atoms with Gasteiger partial charge in [-0.3, -0.25) is 0 Å². The first-order valence-corrected chi connectivity index (χ1v) is 4.84. The van der Waals surface area contributed by atoms with E-state index in [9.17, 15) is 0 Å². The molecule has 66 valence electrons. The Hall–Kier alpha value is -0.780. The molecule has 1 aromatic rings. The van der Waals surface area contributed by atoms with Crippen molar-refractivity contribution in [1.82, 2.24) is 0 Å². The van der Waals surface area contributed by atoms with Gasteiger partial charge >= 0.3 is 0 Å². The molecule has 0 atom stereocenters. The zero-order valence-corrected chi connectivity index (χ0v) is 9.35. The zero-order chi connectivity index (χ0) is 9.84. The van der Waals surface area contributed by atoms with Crippen LogP contribution in [0.4, 0.5) is 0 Å². The standard InChI is InChI=1S/C10H7BrClN/c1-7-6-8(11)2-3-9(7)10(12)4-5-13/h2-4,6H,1H3/b10-4+. The van der Waals surface area contributed by atoms with Gasteiger partial charge in [0.05, 0.1) is 11.1 Å². The molecule has 0 bridgehead atoms. The number of hydrogen-bond donors (Lipinski definition) is 0. The number of nitriles is 1. The average Bonchev–Trinajstić information content (AvgIpc) is 2.04. The van der Waals surface area contributed by atoms with Crippen molar-refractivity contribution >= 4 is 32.6 Å². The van der Waals surface area contributed by atoms with Crippen LogP contribution >= 0.6 is 27.5 Å². The van der Waals surface area contributed by atoms with Gasteiger partial charge in [-0.2, -0.15) is 5.26 Å². The highest BCUT2D eigenvalue weighted by atomic mass is 79.9. The van der Waals surface area contributed by atoms with E-state index in [-0.39, 0.29) is 0 Å². The molecule has 0 fully saturated rings. The summed E-state index contributed by atoms with van der Waals surface area (Å²) in [6.07, 6.45) is 1.33. The minimum absolute atomic E-state index is 0.479. The highest BCUT2D eigenvalue weighted by Crippen LogP contribution is 2.24. The van der Waals surface area contributed by atoms with E-state index >= 15 is 0 Å². The molecule has 1 nitrogen and oxygen atoms in total. The van der Waals surface area contributed by atoms with E-state index in [1.54, 1.807) is 0 Å². The van der Waals surface area contributed by atoms with Crippen LogP contribution in [0.15, 0.2) is 28.7 Å². The van der Waals surface area contributed by atoms with Crippen LogP contribution in [0.25, 0.3) is 5.03 Å². The number of benzene rings is 1. The molecule has 0 saturated heterocycles. The van der Waals surface area contributed by atoms with Gasteiger partial charge in [0.15, 0.2) is 0 Å². The summed E-state index contributed by atoms with van der Waals surface area (Å²) in [7, 11) is 0. The fourth-order valence-corrected chi connectivity index (χ4v) is 1.77. The summed E-state index contributed by atoms with van der Waals surface area (Å²) < 4.78 is 1.01. The van der Waals surface area contributed by atoms with Crippen molar-refractivity contribution in [3.8, 4) is 6.07 Å². The van der Waals surface area contributed by atoms with Gasteiger partial charge in [-0.1, -0.05) is 33.6 Å². The molecule has 0 heterocycles. The van der Waals surface area contributed by atoms with Gasteiger partial charge in [-0.05, 0) is 30.2 Å². The van der Waals surface area contributed by atoms with Crippen LogP contribution in [0.3, 0.4) is 0 Å². The largest absolute Gasteiger partial charge is 0.193 e. The monoisotopic (exact) mass is 255 g/mol. The molecule has 1 rings (SSSR count). The van der Waals surface area contributed by atoms with Crippen LogP contribution in [0, 0.1) is 18.3 Å². The van der Waals surface area contributed by atoms with Crippen LogP contribution in [0.5, 0.6) is 0 Å². The fourth-order valence-electron chi connectivity index (χ4n) is 1.03. The van der Waals surface area contributed by atoms with E-state index < -0.39 is 0 Å². The topological polar surface area (TPSA) is 23.8 Å². The van der Waals surface area contributed by atoms with Crippen molar-refractivity contribution in [2.75, 3.05) is 0 Å². The maximum Gasteiger partial charge on any atom is 0.0927 e. The van der Waals surface area contributed by atoms with E-state index in [1.807, 2.05) is 31.2 Å². The van der Waals surface area contributed by atoms with Crippen LogP contribution in [-0.2, 0) is 0 Å². The summed E-state index contributed by atoms with van der Waals surface area (Å²) in [4.78, 5) is 0. The fraction of sp³-hybridized carbons (Fsp3) is 0.100. The Morgan fingerprint density at radius 3 is 2.85 bits per heavy atom. The number of halogens is 2. The second kappa shape index (κ2) is 4.45. The SMILES string of the molecule is Cc1cc(Br)ccc1/C(Cl)=C\C#N. The molecule has 13 heavy (non-hydrogen) atoms. The maximum atomic E-state index is 8.42. The third kappa shape index (κ3) is 2.58. The van der Waals surface area contributed by atoms with Gasteiger partial charge in [0.25, 0.3) is 0 Å². The Labute approximate surface area is 90.8 Å². The van der Waals surface area contributed by atoms with E-state index in [1.165, 1.54) is 6.08 Å². The Balaban J connectivity index is 3.18. The highest BCUT2D eigenvalue weighted by molar-refractivity contribution is 9.10. The van der Waals surface area contributed by atoms with Gasteiger partial charge in [-0.25, -0.2) is 0 Å². The van der Waals surface area contributed by atoms with Crippen molar-refractivity contribution in [2.24, 2.45) is 0 Å². The number of rotatable bonds is 1.